The second kappa shape index (κ2) is 7.37. The minimum atomic E-state index is -0.536. The molecule has 0 aliphatic rings. The largest absolute Gasteiger partial charge is 0.412 e. The molecular formula is C19H22N4O3. The number of aromatic amines is 3. The summed E-state index contributed by atoms with van der Waals surface area (Å²) in [6.45, 7) is 5.89. The summed E-state index contributed by atoms with van der Waals surface area (Å²) in [5.74, 6) is 0. The third-order valence-electron chi connectivity index (χ3n) is 3.67. The second-order valence-corrected chi connectivity index (χ2v) is 6.75. The van der Waals surface area contributed by atoms with Crippen molar-refractivity contribution in [1.82, 2.24) is 19.9 Å². The van der Waals surface area contributed by atoms with Gasteiger partial charge in [-0.2, -0.15) is 0 Å². The molecule has 0 atom stereocenters. The van der Waals surface area contributed by atoms with Crippen LogP contribution in [0.2, 0.25) is 0 Å². The Labute approximate surface area is 150 Å². The first-order valence-corrected chi connectivity index (χ1v) is 7.92. The molecule has 26 heavy (non-hydrogen) atoms. The van der Waals surface area contributed by atoms with E-state index < -0.39 is 11.1 Å². The minimum absolute atomic E-state index is 0. The predicted octanol–water partition coefficient (Wildman–Crippen LogP) is -0.0833. The number of nitrogens with one attached hydrogen (secondary N) is 3. The fraction of sp³-hybridized carbons (Fsp3) is 0.211. The van der Waals surface area contributed by atoms with Gasteiger partial charge in [0, 0.05) is 5.41 Å². The van der Waals surface area contributed by atoms with Crippen LogP contribution in [0, 0.1) is 0 Å². The third-order valence-corrected chi connectivity index (χ3v) is 3.67. The third kappa shape index (κ3) is 4.07. The highest BCUT2D eigenvalue weighted by molar-refractivity contribution is 5.49. The molecule has 0 aliphatic heterocycles. The van der Waals surface area contributed by atoms with Crippen molar-refractivity contribution in [2.75, 3.05) is 0 Å². The highest BCUT2D eigenvalue weighted by Gasteiger charge is 2.19. The van der Waals surface area contributed by atoms with Crippen LogP contribution in [0.25, 0.3) is 12.1 Å². The number of imidazole rings is 1. The molecule has 0 saturated carbocycles. The minimum Gasteiger partial charge on any atom is -0.412 e. The van der Waals surface area contributed by atoms with Crippen LogP contribution in [0.1, 0.15) is 39.1 Å². The summed E-state index contributed by atoms with van der Waals surface area (Å²) in [7, 11) is 0. The summed E-state index contributed by atoms with van der Waals surface area (Å²) in [6.07, 6.45) is 3.07. The van der Waals surface area contributed by atoms with E-state index in [1.165, 1.54) is 6.33 Å². The van der Waals surface area contributed by atoms with Crippen molar-refractivity contribution >= 4 is 12.1 Å². The smallest absolute Gasteiger partial charge is 0.272 e. The van der Waals surface area contributed by atoms with Gasteiger partial charge in [-0.1, -0.05) is 51.1 Å². The summed E-state index contributed by atoms with van der Waals surface area (Å²) in [5, 5.41) is 0.0355. The lowest BCUT2D eigenvalue weighted by Crippen LogP contribution is -2.46. The van der Waals surface area contributed by atoms with Gasteiger partial charge in [0.25, 0.3) is 11.1 Å². The van der Waals surface area contributed by atoms with Gasteiger partial charge in [0.1, 0.15) is 10.7 Å². The van der Waals surface area contributed by atoms with Gasteiger partial charge in [-0.05, 0) is 17.7 Å². The first-order chi connectivity index (χ1) is 12.3. The fourth-order valence-electron chi connectivity index (χ4n) is 2.47. The lowest BCUT2D eigenvalue weighted by atomic mass is 9.90. The van der Waals surface area contributed by atoms with Crippen LogP contribution >= 0.6 is 0 Å². The van der Waals surface area contributed by atoms with E-state index in [0.717, 1.165) is 5.56 Å². The molecule has 2 aromatic heterocycles. The number of rotatable bonds is 2. The number of H-pyrrole nitrogens is 3. The van der Waals surface area contributed by atoms with Crippen LogP contribution in [-0.2, 0) is 5.41 Å². The van der Waals surface area contributed by atoms with Crippen molar-refractivity contribution in [3.8, 4) is 0 Å². The number of aromatic nitrogens is 4. The second-order valence-electron chi connectivity index (χ2n) is 6.75. The molecule has 7 heteroatoms. The highest BCUT2D eigenvalue weighted by atomic mass is 16.1. The Morgan fingerprint density at radius 3 is 2.31 bits per heavy atom. The van der Waals surface area contributed by atoms with E-state index >= 15 is 0 Å². The van der Waals surface area contributed by atoms with Crippen LogP contribution in [0.15, 0.2) is 46.2 Å². The molecule has 0 spiro atoms. The zero-order chi connectivity index (χ0) is 18.9. The quantitative estimate of drug-likeness (QED) is 0.595. The first-order valence-electron chi connectivity index (χ1n) is 8.42. The van der Waals surface area contributed by atoms with Crippen molar-refractivity contribution in [3.63, 3.8) is 0 Å². The monoisotopic (exact) mass is 355 g/mol. The molecule has 1 aromatic carbocycles. The average Bonchev–Trinajstić information content (AvgIpc) is 3.08. The van der Waals surface area contributed by atoms with Gasteiger partial charge in [-0.25, -0.2) is 4.98 Å². The van der Waals surface area contributed by atoms with Crippen LogP contribution in [0.4, 0.5) is 0 Å². The fourth-order valence-corrected chi connectivity index (χ4v) is 2.47. The van der Waals surface area contributed by atoms with Crippen molar-refractivity contribution in [2.24, 2.45) is 0 Å². The van der Waals surface area contributed by atoms with Crippen LogP contribution in [0.5, 0.6) is 0 Å². The van der Waals surface area contributed by atoms with Crippen molar-refractivity contribution in [3.05, 3.63) is 85.0 Å². The Hall–Kier alpha value is -3.19. The first kappa shape index (κ1) is 17.6. The highest BCUT2D eigenvalue weighted by Crippen LogP contribution is 2.22. The number of benzene rings is 1. The van der Waals surface area contributed by atoms with Gasteiger partial charge in [0.05, 0.1) is 19.1 Å². The van der Waals surface area contributed by atoms with Crippen molar-refractivity contribution < 1.29 is 6.85 Å². The van der Waals surface area contributed by atoms with E-state index in [2.05, 4.69) is 19.9 Å². The maximum atomic E-state index is 12.5. The van der Waals surface area contributed by atoms with Gasteiger partial charge in [0.2, 0.25) is 0 Å². The molecule has 0 saturated heterocycles. The Bertz CT molecular complexity index is 1170. The summed E-state index contributed by atoms with van der Waals surface area (Å²) in [4.78, 5) is 37.1. The Kier molecular flexibility index (Phi) is 4.99. The summed E-state index contributed by atoms with van der Waals surface area (Å²) in [5.41, 5.74) is 0.549. The molecule has 0 fully saturated rings. The molecular weight excluding hydrogens is 332 g/mol. The molecule has 0 radical (unpaired) electrons. The molecule has 3 rings (SSSR count). The Morgan fingerprint density at radius 1 is 1.04 bits per heavy atom. The zero-order valence-corrected chi connectivity index (χ0v) is 14.8. The van der Waals surface area contributed by atoms with Gasteiger partial charge >= 0.3 is 0 Å². The molecule has 0 aliphatic carbocycles. The van der Waals surface area contributed by atoms with E-state index in [4.69, 9.17) is 1.37 Å². The molecule has 0 amide bonds. The molecule has 7 nitrogen and oxygen atoms in total. The molecule has 5 N–H and O–H groups in total. The lowest BCUT2D eigenvalue weighted by molar-refractivity contribution is 0.571. The number of hydrogen-bond acceptors (Lipinski definition) is 3. The SMILES string of the molecule is O.[2H]/C(c1[nH]cnc1C(C)(C)C)=c1/[nH]c(=O)/c(=C/c2ccccc2)[nH]c1=O. The average molecular weight is 355 g/mol. The van der Waals surface area contributed by atoms with E-state index in [0.29, 0.717) is 11.4 Å². The van der Waals surface area contributed by atoms with Crippen molar-refractivity contribution in [1.29, 1.82) is 0 Å². The number of nitrogens with zero attached hydrogens (tertiary/aromatic N) is 1. The van der Waals surface area contributed by atoms with Crippen molar-refractivity contribution in [2.45, 2.75) is 26.2 Å². The summed E-state index contributed by atoms with van der Waals surface area (Å²) in [6, 6.07) is 9.11. The summed E-state index contributed by atoms with van der Waals surface area (Å²) >= 11 is 0. The van der Waals surface area contributed by atoms with Gasteiger partial charge in [-0.15, -0.1) is 0 Å². The Balaban J connectivity index is 0.00000261. The van der Waals surface area contributed by atoms with E-state index in [1.54, 1.807) is 6.08 Å². The molecule has 2 heterocycles. The maximum Gasteiger partial charge on any atom is 0.272 e. The normalized spacial score (nSPS) is 13.8. The van der Waals surface area contributed by atoms with Crippen LogP contribution < -0.4 is 21.8 Å². The van der Waals surface area contributed by atoms with Crippen LogP contribution in [0.3, 0.4) is 0 Å². The van der Waals surface area contributed by atoms with E-state index in [9.17, 15) is 9.59 Å². The molecule has 0 bridgehead atoms. The summed E-state index contributed by atoms with van der Waals surface area (Å²) < 4.78 is 8.37. The maximum absolute atomic E-state index is 12.5. The van der Waals surface area contributed by atoms with Crippen LogP contribution in [-0.4, -0.2) is 25.4 Å². The Morgan fingerprint density at radius 2 is 1.65 bits per heavy atom. The molecule has 136 valence electrons. The van der Waals surface area contributed by atoms with Gasteiger partial charge in [0.15, 0.2) is 0 Å². The molecule has 0 unspecified atom stereocenters. The van der Waals surface area contributed by atoms with E-state index in [-0.39, 0.29) is 27.6 Å². The zero-order valence-electron chi connectivity index (χ0n) is 15.8. The van der Waals surface area contributed by atoms with Gasteiger partial charge < -0.3 is 20.4 Å². The molecule has 3 aromatic rings. The standard InChI is InChI=1S/C19H20N4O2.H2O/c1-19(2,3)16-13(20-11-21-16)10-15-18(25)22-14(17(24)23-15)9-12-7-5-4-6-8-12;/h4-11H,1-3H3,(H,20,21)(H,22,25)(H,23,24);1H2/b14-9-,15-10-;/i10D;. The topological polar surface area (TPSA) is 126 Å². The lowest BCUT2D eigenvalue weighted by Gasteiger charge is -2.16. The number of hydrogen-bond donors (Lipinski definition) is 3. The van der Waals surface area contributed by atoms with E-state index in [1.807, 2.05) is 51.1 Å². The predicted molar refractivity (Wildman–Crippen MR) is 101 cm³/mol. The van der Waals surface area contributed by atoms with Gasteiger partial charge in [-0.3, -0.25) is 9.59 Å².